The number of hydrogen-bond acceptors (Lipinski definition) is 4. The molecule has 2 aliphatic rings. The number of hydrogen-bond donors (Lipinski definition) is 1. The molecule has 1 saturated heterocycles. The molecule has 2 amide bonds. The van der Waals surface area contributed by atoms with Crippen LogP contribution in [0.4, 0.5) is 5.69 Å². The van der Waals surface area contributed by atoms with Crippen molar-refractivity contribution in [3.63, 3.8) is 0 Å². The molecule has 0 radical (unpaired) electrons. The third kappa shape index (κ3) is 4.11. The van der Waals surface area contributed by atoms with Crippen LogP contribution in [0.2, 0.25) is 0 Å². The third-order valence-electron chi connectivity index (χ3n) is 7.30. The summed E-state index contributed by atoms with van der Waals surface area (Å²) in [5.41, 5.74) is 3.74. The van der Waals surface area contributed by atoms with Gasteiger partial charge < -0.3 is 10.2 Å². The molecule has 34 heavy (non-hydrogen) atoms. The highest BCUT2D eigenvalue weighted by Gasteiger charge is 2.35. The van der Waals surface area contributed by atoms with Crippen LogP contribution in [0, 0.1) is 19.8 Å². The molecule has 1 N–H and O–H groups in total. The quantitative estimate of drug-likeness (QED) is 0.630. The van der Waals surface area contributed by atoms with E-state index in [-0.39, 0.29) is 36.4 Å². The summed E-state index contributed by atoms with van der Waals surface area (Å²) < 4.78 is 1.62. The number of benzene rings is 2. The van der Waals surface area contributed by atoms with Crippen LogP contribution < -0.4 is 15.8 Å². The summed E-state index contributed by atoms with van der Waals surface area (Å²) in [6.45, 7) is 4.64. The predicted molar refractivity (Wildman–Crippen MR) is 132 cm³/mol. The fourth-order valence-electron chi connectivity index (χ4n) is 5.14. The van der Waals surface area contributed by atoms with E-state index in [4.69, 9.17) is 0 Å². The van der Waals surface area contributed by atoms with Crippen molar-refractivity contribution in [3.8, 4) is 0 Å². The Morgan fingerprint density at radius 2 is 1.76 bits per heavy atom. The summed E-state index contributed by atoms with van der Waals surface area (Å²) >= 11 is 0. The topological polar surface area (TPSA) is 84.3 Å². The number of rotatable bonds is 5. The van der Waals surface area contributed by atoms with E-state index in [9.17, 15) is 14.4 Å². The predicted octanol–water partition coefficient (Wildman–Crippen LogP) is 3.80. The van der Waals surface area contributed by atoms with E-state index >= 15 is 0 Å². The van der Waals surface area contributed by atoms with Crippen LogP contribution >= 0.6 is 0 Å². The molecular formula is C27H30N4O3. The van der Waals surface area contributed by atoms with Gasteiger partial charge in [-0.3, -0.25) is 14.4 Å². The zero-order valence-corrected chi connectivity index (χ0v) is 19.7. The molecule has 7 heteroatoms. The average molecular weight is 459 g/mol. The zero-order chi connectivity index (χ0) is 23.8. The second-order valence-corrected chi connectivity index (χ2v) is 9.57. The number of fused-ring (bicyclic) bond motifs is 1. The van der Waals surface area contributed by atoms with Gasteiger partial charge in [0.2, 0.25) is 11.8 Å². The molecule has 7 nitrogen and oxygen atoms in total. The SMILES string of the molecule is Cc1ccc(N2CC(C(=O)NCc3nn(C4CCCC4)c(=O)c4ccccc34)CC2=O)cc1C. The number of aromatic nitrogens is 2. The van der Waals surface area contributed by atoms with Crippen molar-refractivity contribution in [2.75, 3.05) is 11.4 Å². The zero-order valence-electron chi connectivity index (χ0n) is 19.7. The molecule has 0 bridgehead atoms. The Kier molecular flexibility index (Phi) is 5.94. The largest absolute Gasteiger partial charge is 0.350 e. The van der Waals surface area contributed by atoms with Crippen molar-refractivity contribution in [1.29, 1.82) is 0 Å². The lowest BCUT2D eigenvalue weighted by atomic mass is 10.1. The number of aryl methyl sites for hydroxylation is 2. The Hall–Kier alpha value is -3.48. The minimum Gasteiger partial charge on any atom is -0.350 e. The first-order chi connectivity index (χ1) is 16.4. The van der Waals surface area contributed by atoms with E-state index < -0.39 is 5.92 Å². The number of amides is 2. The van der Waals surface area contributed by atoms with E-state index in [1.54, 1.807) is 9.58 Å². The Bertz CT molecular complexity index is 1320. The lowest BCUT2D eigenvalue weighted by molar-refractivity contribution is -0.126. The minimum atomic E-state index is -0.416. The van der Waals surface area contributed by atoms with Crippen LogP contribution in [-0.2, 0) is 16.1 Å². The van der Waals surface area contributed by atoms with Crippen molar-refractivity contribution >= 4 is 28.3 Å². The molecule has 2 heterocycles. The van der Waals surface area contributed by atoms with Gasteiger partial charge in [0.25, 0.3) is 5.56 Å². The molecule has 1 atom stereocenters. The van der Waals surface area contributed by atoms with Crippen molar-refractivity contribution in [2.45, 2.75) is 58.5 Å². The van der Waals surface area contributed by atoms with Crippen LogP contribution in [-0.4, -0.2) is 28.1 Å². The van der Waals surface area contributed by atoms with Crippen LogP contribution in [0.5, 0.6) is 0 Å². The van der Waals surface area contributed by atoms with E-state index in [0.717, 1.165) is 42.3 Å². The Balaban J connectivity index is 1.34. The normalized spacial score (nSPS) is 18.7. The Morgan fingerprint density at radius 3 is 2.50 bits per heavy atom. The summed E-state index contributed by atoms with van der Waals surface area (Å²) in [5.74, 6) is -0.618. The number of carbonyl (C=O) groups excluding carboxylic acids is 2. The molecule has 2 fully saturated rings. The fourth-order valence-corrected chi connectivity index (χ4v) is 5.14. The van der Waals surface area contributed by atoms with Gasteiger partial charge in [-0.05, 0) is 56.0 Å². The molecule has 1 aliphatic heterocycles. The summed E-state index contributed by atoms with van der Waals surface area (Å²) in [6.07, 6.45) is 4.30. The molecule has 0 spiro atoms. The maximum Gasteiger partial charge on any atom is 0.274 e. The second-order valence-electron chi connectivity index (χ2n) is 9.57. The van der Waals surface area contributed by atoms with Crippen molar-refractivity contribution in [2.24, 2.45) is 5.92 Å². The van der Waals surface area contributed by atoms with Gasteiger partial charge in [-0.1, -0.05) is 37.1 Å². The number of nitrogens with one attached hydrogen (secondary N) is 1. The molecule has 1 saturated carbocycles. The van der Waals surface area contributed by atoms with Gasteiger partial charge in [0.15, 0.2) is 0 Å². The summed E-state index contributed by atoms with van der Waals surface area (Å²) in [5, 5.41) is 9.07. The number of carbonyl (C=O) groups is 2. The van der Waals surface area contributed by atoms with Gasteiger partial charge in [0.05, 0.1) is 29.6 Å². The van der Waals surface area contributed by atoms with E-state index in [1.165, 1.54) is 5.56 Å². The maximum atomic E-state index is 13.0. The fraction of sp³-hybridized carbons (Fsp3) is 0.407. The lowest BCUT2D eigenvalue weighted by Crippen LogP contribution is -2.34. The molecule has 176 valence electrons. The molecule has 5 rings (SSSR count). The summed E-state index contributed by atoms with van der Waals surface area (Å²) in [4.78, 5) is 40.4. The highest BCUT2D eigenvalue weighted by atomic mass is 16.2. The Morgan fingerprint density at radius 1 is 1.03 bits per heavy atom. The van der Waals surface area contributed by atoms with Crippen LogP contribution in [0.3, 0.4) is 0 Å². The second kappa shape index (κ2) is 9.05. The van der Waals surface area contributed by atoms with Crippen LogP contribution in [0.15, 0.2) is 47.3 Å². The first kappa shape index (κ1) is 22.3. The average Bonchev–Trinajstić information content (AvgIpc) is 3.51. The maximum absolute atomic E-state index is 13.0. The Labute approximate surface area is 198 Å². The van der Waals surface area contributed by atoms with E-state index in [2.05, 4.69) is 10.4 Å². The van der Waals surface area contributed by atoms with E-state index in [1.807, 2.05) is 56.3 Å². The lowest BCUT2D eigenvalue weighted by Gasteiger charge is -2.18. The molecule has 2 aromatic carbocycles. The standard InChI is InChI=1S/C27H30N4O3/c1-17-11-12-21(13-18(17)2)30-16-19(14-25(30)32)26(33)28-15-24-22-9-5-6-10-23(22)27(34)31(29-24)20-7-3-4-8-20/h5-6,9-13,19-20H,3-4,7-8,14-16H2,1-2H3,(H,28,33). The van der Waals surface area contributed by atoms with Gasteiger partial charge in [0.1, 0.15) is 0 Å². The van der Waals surface area contributed by atoms with Crippen molar-refractivity contribution in [3.05, 3.63) is 69.6 Å². The summed E-state index contributed by atoms with van der Waals surface area (Å²) in [7, 11) is 0. The summed E-state index contributed by atoms with van der Waals surface area (Å²) in [6, 6.07) is 13.5. The highest BCUT2D eigenvalue weighted by Crippen LogP contribution is 2.29. The third-order valence-corrected chi connectivity index (χ3v) is 7.30. The smallest absolute Gasteiger partial charge is 0.274 e. The first-order valence-electron chi connectivity index (χ1n) is 12.1. The van der Waals surface area contributed by atoms with Gasteiger partial charge in [0, 0.05) is 24.0 Å². The van der Waals surface area contributed by atoms with Gasteiger partial charge in [-0.15, -0.1) is 0 Å². The van der Waals surface area contributed by atoms with Gasteiger partial charge in [-0.2, -0.15) is 5.10 Å². The minimum absolute atomic E-state index is 0.0400. The number of anilines is 1. The van der Waals surface area contributed by atoms with Gasteiger partial charge in [-0.25, -0.2) is 4.68 Å². The van der Waals surface area contributed by atoms with Crippen molar-refractivity contribution in [1.82, 2.24) is 15.1 Å². The molecule has 1 aromatic heterocycles. The first-order valence-corrected chi connectivity index (χ1v) is 12.1. The molecular weight excluding hydrogens is 428 g/mol. The highest BCUT2D eigenvalue weighted by molar-refractivity contribution is 6.00. The van der Waals surface area contributed by atoms with Crippen LogP contribution in [0.1, 0.15) is 55.0 Å². The van der Waals surface area contributed by atoms with Crippen LogP contribution in [0.25, 0.3) is 10.8 Å². The van der Waals surface area contributed by atoms with E-state index in [0.29, 0.717) is 17.6 Å². The van der Waals surface area contributed by atoms with Gasteiger partial charge >= 0.3 is 0 Å². The number of nitrogens with zero attached hydrogens (tertiary/aromatic N) is 3. The monoisotopic (exact) mass is 458 g/mol. The van der Waals surface area contributed by atoms with Crippen molar-refractivity contribution < 1.29 is 9.59 Å². The molecule has 1 aliphatic carbocycles. The molecule has 3 aromatic rings. The molecule has 1 unspecified atom stereocenters.